The first kappa shape index (κ1) is 30.9. The highest BCUT2D eigenvalue weighted by atomic mass is 16.3. The summed E-state index contributed by atoms with van der Waals surface area (Å²) in [5.41, 5.74) is 7.61. The summed E-state index contributed by atoms with van der Waals surface area (Å²) >= 11 is 0. The number of fused-ring (bicyclic) bond motifs is 1. The summed E-state index contributed by atoms with van der Waals surface area (Å²) in [6.07, 6.45) is 1.64. The minimum atomic E-state index is -3.39. The molecule has 65 heavy (non-hydrogen) atoms. The van der Waals surface area contributed by atoms with Crippen molar-refractivity contribution in [2.75, 3.05) is 0 Å². The summed E-state index contributed by atoms with van der Waals surface area (Å²) in [4.78, 5) is 10.2. The van der Waals surface area contributed by atoms with Gasteiger partial charge in [0.15, 0.2) is 0 Å². The Hall–Kier alpha value is -7.04. The lowest BCUT2D eigenvalue weighted by atomic mass is 9.83. The van der Waals surface area contributed by atoms with Crippen molar-refractivity contribution in [3.8, 4) is 78.6 Å². The molecule has 0 saturated heterocycles. The third-order valence-electron chi connectivity index (χ3n) is 12.2. The van der Waals surface area contributed by atoms with Gasteiger partial charge in [0, 0.05) is 39.3 Å². The first-order valence-electron chi connectivity index (χ1n) is 27.8. The van der Waals surface area contributed by atoms with E-state index in [1.807, 2.05) is 77.4 Å². The van der Waals surface area contributed by atoms with Gasteiger partial charge in [-0.25, -0.2) is 4.98 Å². The fourth-order valence-electron chi connectivity index (χ4n) is 8.47. The zero-order valence-corrected chi connectivity index (χ0v) is 37.5. The van der Waals surface area contributed by atoms with E-state index in [1.54, 1.807) is 36.5 Å². The molecule has 0 bridgehead atoms. The number of aromatic nitrogens is 3. The van der Waals surface area contributed by atoms with E-state index in [4.69, 9.17) is 26.4 Å². The van der Waals surface area contributed by atoms with Gasteiger partial charge in [-0.05, 0) is 133 Å². The highest BCUT2D eigenvalue weighted by Gasteiger charge is 2.25. The monoisotopic (exact) mass is 862 g/mol. The molecular formula is C61H59N3O. The van der Waals surface area contributed by atoms with Gasteiger partial charge in [-0.1, -0.05) is 171 Å². The van der Waals surface area contributed by atoms with Crippen LogP contribution in [0, 0.1) is 6.85 Å². The predicted octanol–water partition coefficient (Wildman–Crippen LogP) is 16.3. The Balaban J connectivity index is 1.26. The number of para-hydroxylation sites is 2. The van der Waals surface area contributed by atoms with Gasteiger partial charge in [0.1, 0.15) is 11.6 Å². The molecule has 0 saturated carbocycles. The van der Waals surface area contributed by atoms with E-state index < -0.39 is 32.8 Å². The molecule has 2 aromatic heterocycles. The zero-order chi connectivity index (χ0) is 55.8. The van der Waals surface area contributed by atoms with Gasteiger partial charge < -0.3 is 5.11 Å². The van der Waals surface area contributed by atoms with Crippen molar-refractivity contribution in [2.45, 2.75) is 85.2 Å². The zero-order valence-electron chi connectivity index (χ0n) is 49.5. The summed E-state index contributed by atoms with van der Waals surface area (Å²) in [5.74, 6) is 0.380. The number of benzene rings is 7. The van der Waals surface area contributed by atoms with Gasteiger partial charge in [0.2, 0.25) is 0 Å². The van der Waals surface area contributed by atoms with Crippen LogP contribution in [0.3, 0.4) is 0 Å². The third kappa shape index (κ3) is 8.54. The second-order valence-electron chi connectivity index (χ2n) is 18.9. The number of aromatic hydroxyl groups is 1. The number of pyridine rings is 1. The van der Waals surface area contributed by atoms with Crippen molar-refractivity contribution in [1.29, 1.82) is 0 Å². The number of aryl methyl sites for hydroxylation is 1. The highest BCUT2D eigenvalue weighted by molar-refractivity contribution is 5.98. The minimum Gasteiger partial charge on any atom is -0.507 e. The summed E-state index contributed by atoms with van der Waals surface area (Å²) in [5, 5.41) is 11.6. The van der Waals surface area contributed by atoms with Crippen molar-refractivity contribution in [3.05, 3.63) is 192 Å². The number of rotatable bonds is 7. The average molecular weight is 862 g/mol. The first-order valence-corrected chi connectivity index (χ1v) is 21.8. The Bertz CT molecular complexity index is 3620. The average Bonchev–Trinajstić information content (AvgIpc) is 3.83. The van der Waals surface area contributed by atoms with Crippen LogP contribution < -0.4 is 0 Å². The van der Waals surface area contributed by atoms with E-state index in [2.05, 4.69) is 77.9 Å². The molecule has 0 atom stereocenters. The second kappa shape index (κ2) is 16.5. The molecular weight excluding hydrogens is 791 g/mol. The van der Waals surface area contributed by atoms with Crippen LogP contribution in [0.1, 0.15) is 101 Å². The van der Waals surface area contributed by atoms with E-state index in [9.17, 15) is 5.11 Å². The molecule has 1 N–H and O–H groups in total. The maximum absolute atomic E-state index is 11.6. The van der Waals surface area contributed by atoms with Gasteiger partial charge in [0.05, 0.1) is 28.0 Å². The normalized spacial score (nSPS) is 15.7. The fourth-order valence-corrected chi connectivity index (χ4v) is 8.47. The van der Waals surface area contributed by atoms with Gasteiger partial charge in [-0.15, -0.1) is 0 Å². The summed E-state index contributed by atoms with van der Waals surface area (Å²) in [6, 6.07) is 49.9. The minimum absolute atomic E-state index is 0.0117. The van der Waals surface area contributed by atoms with Gasteiger partial charge in [-0.2, -0.15) is 0 Å². The Morgan fingerprint density at radius 1 is 0.477 bits per heavy atom. The molecule has 0 aliphatic heterocycles. The van der Waals surface area contributed by atoms with Gasteiger partial charge in [0.25, 0.3) is 0 Å². The van der Waals surface area contributed by atoms with Crippen molar-refractivity contribution in [2.24, 2.45) is 0 Å². The van der Waals surface area contributed by atoms with Crippen LogP contribution in [0.25, 0.3) is 83.9 Å². The maximum atomic E-state index is 11.6. The SMILES string of the molecule is [2H]C([2H])([2H])c1cc(-n2c(-c3ccccc3O)nc3c(-c4cc(-c5cc(-c6ccc(C(C([2H])([2H])[2H])(C([2H])([2H])[2H])C([2H])([2H])[2H])cc6)ccn5)cc(C(C)(C)C)c4)cccc32)c(-c2ccc(C(C)(C)C)cc2)cc1-c1ccccc1. The quantitative estimate of drug-likeness (QED) is 0.174. The lowest BCUT2D eigenvalue weighted by Crippen LogP contribution is -2.11. The summed E-state index contributed by atoms with van der Waals surface area (Å²) in [7, 11) is 0. The number of phenols is 1. The Labute approximate surface area is 402 Å². The van der Waals surface area contributed by atoms with Crippen molar-refractivity contribution >= 4 is 11.0 Å². The number of nitrogens with zero attached hydrogens (tertiary/aromatic N) is 3. The van der Waals surface area contributed by atoms with E-state index in [1.165, 1.54) is 24.3 Å². The molecule has 0 aliphatic rings. The van der Waals surface area contributed by atoms with Gasteiger partial charge >= 0.3 is 0 Å². The smallest absolute Gasteiger partial charge is 0.149 e. The molecule has 324 valence electrons. The molecule has 9 rings (SSSR count). The van der Waals surface area contributed by atoms with Crippen LogP contribution in [0.15, 0.2) is 170 Å². The Morgan fingerprint density at radius 2 is 1.11 bits per heavy atom. The van der Waals surface area contributed by atoms with E-state index >= 15 is 0 Å². The molecule has 0 fully saturated rings. The molecule has 0 radical (unpaired) electrons. The topological polar surface area (TPSA) is 50.9 Å². The molecule has 0 spiro atoms. The number of hydrogen-bond acceptors (Lipinski definition) is 3. The van der Waals surface area contributed by atoms with Crippen LogP contribution in [0.5, 0.6) is 5.75 Å². The summed E-state index contributed by atoms with van der Waals surface area (Å²) in [6.45, 7) is 0.0979. The second-order valence-corrected chi connectivity index (χ2v) is 18.9. The van der Waals surface area contributed by atoms with E-state index in [0.29, 0.717) is 50.5 Å². The lowest BCUT2D eigenvalue weighted by molar-refractivity contribution is 0.477. The third-order valence-corrected chi connectivity index (χ3v) is 12.2. The Kier molecular flexibility index (Phi) is 7.86. The first-order chi connectivity index (χ1) is 35.9. The molecule has 2 heterocycles. The molecule has 4 nitrogen and oxygen atoms in total. The molecule has 4 heteroatoms. The maximum Gasteiger partial charge on any atom is 0.149 e. The molecule has 0 aliphatic carbocycles. The molecule has 0 amide bonds. The van der Waals surface area contributed by atoms with E-state index in [0.717, 1.165) is 44.5 Å². The van der Waals surface area contributed by atoms with Crippen molar-refractivity contribution in [3.63, 3.8) is 0 Å². The summed E-state index contributed by atoms with van der Waals surface area (Å²) < 4.78 is 103. The molecule has 0 unspecified atom stereocenters. The van der Waals surface area contributed by atoms with Crippen LogP contribution in [-0.4, -0.2) is 19.6 Å². The number of hydrogen-bond donors (Lipinski definition) is 1. The Morgan fingerprint density at radius 3 is 1.78 bits per heavy atom. The van der Waals surface area contributed by atoms with Crippen LogP contribution >= 0.6 is 0 Å². The standard InChI is InChI=1S/C61H59N3O/c1-39-33-55(52(38-51(39)41-17-12-11-13-18-41)42-25-29-47(30-26-42)60(5,6)7)64-54-21-16-20-49(57(54)63-58(64)50-19-14-15-22-56(50)65)44-34-45(36-48(35-44)61(8,9)10)53-37-43(31-32-62-53)40-23-27-46(28-24-40)59(2,3)4/h11-38,65H,1-10H3/i1D3,2D3,3D3,4D3. The van der Waals surface area contributed by atoms with Crippen molar-refractivity contribution in [1.82, 2.24) is 14.5 Å². The van der Waals surface area contributed by atoms with E-state index in [-0.39, 0.29) is 27.7 Å². The van der Waals surface area contributed by atoms with Crippen molar-refractivity contribution < 1.29 is 21.6 Å². The van der Waals surface area contributed by atoms with Crippen LogP contribution in [-0.2, 0) is 16.2 Å². The largest absolute Gasteiger partial charge is 0.507 e. The molecule has 7 aromatic carbocycles. The van der Waals surface area contributed by atoms with Crippen LogP contribution in [0.2, 0.25) is 0 Å². The number of imidazole rings is 1. The highest BCUT2D eigenvalue weighted by Crippen LogP contribution is 2.43. The molecule has 9 aromatic rings. The predicted molar refractivity (Wildman–Crippen MR) is 274 cm³/mol. The lowest BCUT2D eigenvalue weighted by Gasteiger charge is -2.22. The fraction of sp³-hybridized carbons (Fsp3) is 0.213. The van der Waals surface area contributed by atoms with Gasteiger partial charge in [-0.3, -0.25) is 9.55 Å². The number of phenolic OH excluding ortho intramolecular Hbond substituents is 1. The van der Waals surface area contributed by atoms with Crippen LogP contribution in [0.4, 0.5) is 0 Å².